The van der Waals surface area contributed by atoms with Gasteiger partial charge in [0.1, 0.15) is 5.75 Å². The van der Waals surface area contributed by atoms with E-state index in [0.717, 1.165) is 13.1 Å². The number of carbonyl (C=O) groups is 3. The SMILES string of the molecule is COc1ccc(C(=O)CCCC(=O)NCCC(=O)N2CCN(c3ccccc3)CC2)cc1. The van der Waals surface area contributed by atoms with Gasteiger partial charge in [0.2, 0.25) is 11.8 Å². The molecule has 2 aromatic rings. The first-order chi connectivity index (χ1) is 15.6. The van der Waals surface area contributed by atoms with Gasteiger partial charge >= 0.3 is 0 Å². The van der Waals surface area contributed by atoms with Gasteiger partial charge in [-0.2, -0.15) is 0 Å². The minimum absolute atomic E-state index is 0.00489. The molecular formula is C25H31N3O4. The van der Waals surface area contributed by atoms with Crippen LogP contribution in [-0.2, 0) is 9.59 Å². The number of rotatable bonds is 10. The molecule has 2 amide bonds. The van der Waals surface area contributed by atoms with Crippen LogP contribution in [0.4, 0.5) is 5.69 Å². The Bertz CT molecular complexity index is 891. The predicted octanol–water partition coefficient (Wildman–Crippen LogP) is 2.90. The topological polar surface area (TPSA) is 78.9 Å². The zero-order valence-corrected chi connectivity index (χ0v) is 18.6. The Hall–Kier alpha value is -3.35. The second-order valence-electron chi connectivity index (χ2n) is 7.81. The monoisotopic (exact) mass is 437 g/mol. The molecule has 1 fully saturated rings. The zero-order chi connectivity index (χ0) is 22.8. The molecular weight excluding hydrogens is 406 g/mol. The van der Waals surface area contributed by atoms with Crippen molar-refractivity contribution in [2.75, 3.05) is 44.7 Å². The lowest BCUT2D eigenvalue weighted by Crippen LogP contribution is -2.49. The smallest absolute Gasteiger partial charge is 0.224 e. The van der Waals surface area contributed by atoms with E-state index >= 15 is 0 Å². The van der Waals surface area contributed by atoms with Gasteiger partial charge in [-0.3, -0.25) is 14.4 Å². The maximum atomic E-state index is 12.4. The van der Waals surface area contributed by atoms with E-state index in [9.17, 15) is 14.4 Å². The number of hydrogen-bond donors (Lipinski definition) is 1. The first-order valence-electron chi connectivity index (χ1n) is 11.1. The average molecular weight is 438 g/mol. The van der Waals surface area contributed by atoms with Crippen LogP contribution in [0.3, 0.4) is 0 Å². The maximum Gasteiger partial charge on any atom is 0.224 e. The highest BCUT2D eigenvalue weighted by molar-refractivity contribution is 5.96. The van der Waals surface area contributed by atoms with Crippen molar-refractivity contribution in [2.45, 2.75) is 25.7 Å². The van der Waals surface area contributed by atoms with E-state index in [1.165, 1.54) is 5.69 Å². The molecule has 1 N–H and O–H groups in total. The zero-order valence-electron chi connectivity index (χ0n) is 18.6. The Balaban J connectivity index is 1.28. The molecule has 0 bridgehead atoms. The average Bonchev–Trinajstić information content (AvgIpc) is 2.84. The standard InChI is InChI=1S/C25H31N3O4/c1-32-22-12-10-20(11-13-22)23(29)8-5-9-24(30)26-15-14-25(31)28-18-16-27(17-19-28)21-6-3-2-4-7-21/h2-4,6-7,10-13H,5,8-9,14-19H2,1H3,(H,26,30). The Morgan fingerprint density at radius 3 is 2.22 bits per heavy atom. The van der Waals surface area contributed by atoms with Crippen LogP contribution >= 0.6 is 0 Å². The van der Waals surface area contributed by atoms with Gasteiger partial charge in [0.05, 0.1) is 7.11 Å². The predicted molar refractivity (Wildman–Crippen MR) is 124 cm³/mol. The Morgan fingerprint density at radius 1 is 0.875 bits per heavy atom. The maximum absolute atomic E-state index is 12.4. The molecule has 0 unspecified atom stereocenters. The van der Waals surface area contributed by atoms with Crippen LogP contribution in [-0.4, -0.2) is 62.3 Å². The lowest BCUT2D eigenvalue weighted by atomic mass is 10.1. The normalized spacial score (nSPS) is 13.5. The molecule has 1 aliphatic rings. The minimum atomic E-state index is -0.130. The van der Waals surface area contributed by atoms with Crippen molar-refractivity contribution in [2.24, 2.45) is 0 Å². The molecule has 0 radical (unpaired) electrons. The van der Waals surface area contributed by atoms with E-state index in [4.69, 9.17) is 4.74 Å². The van der Waals surface area contributed by atoms with Crippen LogP contribution in [0.1, 0.15) is 36.0 Å². The van der Waals surface area contributed by atoms with Crippen molar-refractivity contribution in [3.05, 3.63) is 60.2 Å². The van der Waals surface area contributed by atoms with Crippen LogP contribution in [0.15, 0.2) is 54.6 Å². The molecule has 0 saturated carbocycles. The van der Waals surface area contributed by atoms with Crippen molar-refractivity contribution < 1.29 is 19.1 Å². The fraction of sp³-hybridized carbons (Fsp3) is 0.400. The summed E-state index contributed by atoms with van der Waals surface area (Å²) >= 11 is 0. The molecule has 1 saturated heterocycles. The number of nitrogens with one attached hydrogen (secondary N) is 1. The third kappa shape index (κ3) is 6.83. The molecule has 0 spiro atoms. The number of ketones is 1. The van der Waals surface area contributed by atoms with E-state index in [2.05, 4.69) is 22.3 Å². The summed E-state index contributed by atoms with van der Waals surface area (Å²) in [5.74, 6) is 0.640. The van der Waals surface area contributed by atoms with Crippen molar-refractivity contribution in [3.63, 3.8) is 0 Å². The summed E-state index contributed by atoms with van der Waals surface area (Å²) in [5.41, 5.74) is 1.79. The molecule has 1 aliphatic heterocycles. The van der Waals surface area contributed by atoms with E-state index in [1.54, 1.807) is 31.4 Å². The molecule has 32 heavy (non-hydrogen) atoms. The summed E-state index contributed by atoms with van der Waals surface area (Å²) in [6.45, 7) is 3.32. The van der Waals surface area contributed by atoms with Crippen LogP contribution in [0.2, 0.25) is 0 Å². The van der Waals surface area contributed by atoms with E-state index in [0.29, 0.717) is 50.2 Å². The van der Waals surface area contributed by atoms with E-state index < -0.39 is 0 Å². The quantitative estimate of drug-likeness (QED) is 0.578. The second kappa shape index (κ2) is 11.9. The molecule has 2 aromatic carbocycles. The van der Waals surface area contributed by atoms with Gasteiger partial charge in [0, 0.05) is 63.2 Å². The Labute approximate surface area is 189 Å². The molecule has 3 rings (SSSR count). The molecule has 1 heterocycles. The molecule has 7 heteroatoms. The number of hydrogen-bond acceptors (Lipinski definition) is 5. The highest BCUT2D eigenvalue weighted by Crippen LogP contribution is 2.16. The Kier molecular flexibility index (Phi) is 8.66. The summed E-state index contributed by atoms with van der Waals surface area (Å²) in [4.78, 5) is 40.8. The van der Waals surface area contributed by atoms with Crippen molar-refractivity contribution in [3.8, 4) is 5.75 Å². The molecule has 170 valence electrons. The number of piperazine rings is 1. The summed E-state index contributed by atoms with van der Waals surface area (Å²) in [6, 6.07) is 17.1. The minimum Gasteiger partial charge on any atom is -0.497 e. The number of para-hydroxylation sites is 1. The van der Waals surface area contributed by atoms with Gasteiger partial charge < -0.3 is 19.9 Å². The largest absolute Gasteiger partial charge is 0.497 e. The highest BCUT2D eigenvalue weighted by Gasteiger charge is 2.21. The van der Waals surface area contributed by atoms with Crippen molar-refractivity contribution in [1.29, 1.82) is 0 Å². The van der Waals surface area contributed by atoms with E-state index in [1.807, 2.05) is 23.1 Å². The Morgan fingerprint density at radius 2 is 1.56 bits per heavy atom. The number of nitrogens with zero attached hydrogens (tertiary/aromatic N) is 2. The van der Waals surface area contributed by atoms with Crippen molar-refractivity contribution in [1.82, 2.24) is 10.2 Å². The summed E-state index contributed by atoms with van der Waals surface area (Å²) < 4.78 is 5.08. The lowest BCUT2D eigenvalue weighted by molar-refractivity contribution is -0.131. The van der Waals surface area contributed by atoms with Gasteiger partial charge in [0.25, 0.3) is 0 Å². The number of amides is 2. The van der Waals surface area contributed by atoms with Crippen LogP contribution in [0.5, 0.6) is 5.75 Å². The van der Waals surface area contributed by atoms with Crippen molar-refractivity contribution >= 4 is 23.3 Å². The first kappa shape index (κ1) is 23.3. The summed E-state index contributed by atoms with van der Waals surface area (Å²) in [7, 11) is 1.58. The fourth-order valence-electron chi connectivity index (χ4n) is 3.74. The van der Waals surface area contributed by atoms with Gasteiger partial charge in [-0.1, -0.05) is 18.2 Å². The number of Topliss-reactive ketones (excluding diaryl/α,β-unsaturated/α-hetero) is 1. The second-order valence-corrected chi connectivity index (χ2v) is 7.81. The number of methoxy groups -OCH3 is 1. The third-order valence-electron chi connectivity index (χ3n) is 5.63. The number of ether oxygens (including phenoxy) is 1. The number of anilines is 1. The summed E-state index contributed by atoms with van der Waals surface area (Å²) in [5, 5.41) is 2.79. The first-order valence-corrected chi connectivity index (χ1v) is 11.1. The molecule has 7 nitrogen and oxygen atoms in total. The number of carbonyl (C=O) groups excluding carboxylic acids is 3. The van der Waals surface area contributed by atoms with Crippen LogP contribution in [0.25, 0.3) is 0 Å². The van der Waals surface area contributed by atoms with Gasteiger partial charge in [-0.15, -0.1) is 0 Å². The summed E-state index contributed by atoms with van der Waals surface area (Å²) in [6.07, 6.45) is 1.35. The van der Waals surface area contributed by atoms with Crippen LogP contribution in [0, 0.1) is 0 Å². The fourth-order valence-corrected chi connectivity index (χ4v) is 3.74. The third-order valence-corrected chi connectivity index (χ3v) is 5.63. The molecule has 0 aromatic heterocycles. The van der Waals surface area contributed by atoms with Gasteiger partial charge in [-0.05, 0) is 42.8 Å². The van der Waals surface area contributed by atoms with Crippen LogP contribution < -0.4 is 15.0 Å². The lowest BCUT2D eigenvalue weighted by Gasteiger charge is -2.36. The highest BCUT2D eigenvalue weighted by atomic mass is 16.5. The van der Waals surface area contributed by atoms with Gasteiger partial charge in [0.15, 0.2) is 5.78 Å². The molecule has 0 aliphatic carbocycles. The van der Waals surface area contributed by atoms with Gasteiger partial charge in [-0.25, -0.2) is 0 Å². The van der Waals surface area contributed by atoms with E-state index in [-0.39, 0.29) is 24.0 Å². The number of benzene rings is 2. The molecule has 0 atom stereocenters.